The van der Waals surface area contributed by atoms with E-state index in [1.165, 1.54) is 5.56 Å². The maximum Gasteiger partial charge on any atom is 0.306 e. The first kappa shape index (κ1) is 16.0. The Bertz CT molecular complexity index is 480. The van der Waals surface area contributed by atoms with Crippen LogP contribution >= 0.6 is 0 Å². The molecule has 0 radical (unpaired) electrons. The maximum absolute atomic E-state index is 11.0. The van der Waals surface area contributed by atoms with Gasteiger partial charge >= 0.3 is 5.97 Å². The van der Waals surface area contributed by atoms with E-state index in [-0.39, 0.29) is 11.8 Å². The van der Waals surface area contributed by atoms with Gasteiger partial charge in [-0.25, -0.2) is 0 Å². The minimum atomic E-state index is -0.876. The van der Waals surface area contributed by atoms with Gasteiger partial charge in [-0.2, -0.15) is 0 Å². The Hall–Kier alpha value is -1.35. The largest absolute Gasteiger partial charge is 0.481 e. The van der Waals surface area contributed by atoms with Crippen molar-refractivity contribution in [3.05, 3.63) is 35.4 Å². The molecule has 1 aliphatic rings. The number of aliphatic hydroxyl groups is 1. The van der Waals surface area contributed by atoms with Gasteiger partial charge in [0.15, 0.2) is 0 Å². The molecule has 2 N–H and O–H groups in total. The summed E-state index contributed by atoms with van der Waals surface area (Å²) < 4.78 is 0. The van der Waals surface area contributed by atoms with Crippen LogP contribution in [-0.4, -0.2) is 16.2 Å². The van der Waals surface area contributed by atoms with Crippen LogP contribution < -0.4 is 0 Å². The number of benzene rings is 1. The van der Waals surface area contributed by atoms with Crippen molar-refractivity contribution in [2.24, 2.45) is 11.8 Å². The summed E-state index contributed by atoms with van der Waals surface area (Å²) in [6.07, 6.45) is 2.88. The van der Waals surface area contributed by atoms with Crippen LogP contribution in [0.5, 0.6) is 0 Å². The van der Waals surface area contributed by atoms with Crippen LogP contribution in [-0.2, 0) is 10.4 Å². The Morgan fingerprint density at radius 1 is 1.14 bits per heavy atom. The third-order valence-electron chi connectivity index (χ3n) is 5.03. The van der Waals surface area contributed by atoms with E-state index in [1.54, 1.807) is 0 Å². The number of hydrogen-bond donors (Lipinski definition) is 2. The number of aliphatic carboxylic acids is 1. The monoisotopic (exact) mass is 290 g/mol. The third kappa shape index (κ3) is 3.46. The minimum absolute atomic E-state index is 0.137. The van der Waals surface area contributed by atoms with E-state index in [1.807, 2.05) is 19.1 Å². The predicted octanol–water partition coefficient (Wildman–Crippen LogP) is 3.91. The zero-order chi connectivity index (χ0) is 15.6. The molecule has 1 saturated carbocycles. The smallest absolute Gasteiger partial charge is 0.306 e. The lowest BCUT2D eigenvalue weighted by Gasteiger charge is -2.37. The van der Waals surface area contributed by atoms with Gasteiger partial charge in [-0.05, 0) is 55.6 Å². The Morgan fingerprint density at radius 3 is 2.10 bits per heavy atom. The van der Waals surface area contributed by atoms with Gasteiger partial charge in [0.05, 0.1) is 11.5 Å². The van der Waals surface area contributed by atoms with Crippen LogP contribution in [0, 0.1) is 11.8 Å². The van der Waals surface area contributed by atoms with E-state index in [4.69, 9.17) is 5.11 Å². The number of rotatable bonds is 4. The zero-order valence-corrected chi connectivity index (χ0v) is 13.2. The van der Waals surface area contributed by atoms with Gasteiger partial charge < -0.3 is 10.2 Å². The lowest BCUT2D eigenvalue weighted by Crippen LogP contribution is -2.35. The number of carboxylic acid groups (broad SMARTS) is 1. The third-order valence-corrected chi connectivity index (χ3v) is 5.03. The molecule has 0 aliphatic heterocycles. The summed E-state index contributed by atoms with van der Waals surface area (Å²) in [6, 6.07) is 8.19. The molecule has 2 rings (SSSR count). The number of hydrogen-bond acceptors (Lipinski definition) is 2. The van der Waals surface area contributed by atoms with E-state index < -0.39 is 11.6 Å². The Balaban J connectivity index is 2.09. The van der Waals surface area contributed by atoms with Crippen LogP contribution in [0.25, 0.3) is 0 Å². The molecule has 1 unspecified atom stereocenters. The first-order chi connectivity index (χ1) is 9.82. The second-order valence-electron chi connectivity index (χ2n) is 6.81. The van der Waals surface area contributed by atoms with Crippen molar-refractivity contribution in [1.29, 1.82) is 0 Å². The lowest BCUT2D eigenvalue weighted by molar-refractivity contribution is -0.144. The summed E-state index contributed by atoms with van der Waals surface area (Å²) in [4.78, 5) is 11.0. The topological polar surface area (TPSA) is 57.5 Å². The first-order valence-corrected chi connectivity index (χ1v) is 7.88. The standard InChI is InChI=1S/C18H26O3/c1-12(2)13-4-8-15(9-5-13)18(3,21)16-10-6-14(7-11-16)17(19)20/h4-5,8-9,12,14,16,21H,6-7,10-11H2,1-3H3,(H,19,20)/t14-,16-,18?. The molecule has 1 aromatic carbocycles. The minimum Gasteiger partial charge on any atom is -0.481 e. The van der Waals surface area contributed by atoms with Crippen molar-refractivity contribution in [2.45, 2.75) is 58.0 Å². The highest BCUT2D eigenvalue weighted by molar-refractivity contribution is 5.70. The van der Waals surface area contributed by atoms with Gasteiger partial charge in [0, 0.05) is 0 Å². The number of carboxylic acids is 1. The van der Waals surface area contributed by atoms with Gasteiger partial charge in [0.2, 0.25) is 0 Å². The molecule has 0 aromatic heterocycles. The van der Waals surface area contributed by atoms with Crippen LogP contribution in [0.2, 0.25) is 0 Å². The van der Waals surface area contributed by atoms with Crippen molar-refractivity contribution < 1.29 is 15.0 Å². The molecule has 21 heavy (non-hydrogen) atoms. The maximum atomic E-state index is 11.0. The van der Waals surface area contributed by atoms with Gasteiger partial charge in [0.25, 0.3) is 0 Å². The van der Waals surface area contributed by atoms with Crippen molar-refractivity contribution in [3.8, 4) is 0 Å². The van der Waals surface area contributed by atoms with E-state index in [0.29, 0.717) is 18.8 Å². The van der Waals surface area contributed by atoms with Crippen molar-refractivity contribution in [3.63, 3.8) is 0 Å². The predicted molar refractivity (Wildman–Crippen MR) is 83.2 cm³/mol. The molecule has 3 heteroatoms. The highest BCUT2D eigenvalue weighted by atomic mass is 16.4. The SMILES string of the molecule is CC(C)c1ccc(C(C)(O)[C@H]2CC[C@H](C(=O)O)CC2)cc1. The molecule has 1 aromatic rings. The Labute approximate surface area is 127 Å². The molecule has 1 aliphatic carbocycles. The van der Waals surface area contributed by atoms with Gasteiger partial charge in [-0.15, -0.1) is 0 Å². The van der Waals surface area contributed by atoms with Crippen LogP contribution in [0.3, 0.4) is 0 Å². The van der Waals surface area contributed by atoms with Crippen LogP contribution in [0.15, 0.2) is 24.3 Å². The van der Waals surface area contributed by atoms with E-state index in [9.17, 15) is 9.90 Å². The highest BCUT2D eigenvalue weighted by Gasteiger charge is 2.37. The summed E-state index contributed by atoms with van der Waals surface area (Å²) in [7, 11) is 0. The summed E-state index contributed by atoms with van der Waals surface area (Å²) in [6.45, 7) is 6.17. The second-order valence-corrected chi connectivity index (χ2v) is 6.81. The molecular formula is C18H26O3. The van der Waals surface area contributed by atoms with Gasteiger partial charge in [0.1, 0.15) is 0 Å². The van der Waals surface area contributed by atoms with Gasteiger partial charge in [-0.1, -0.05) is 38.1 Å². The van der Waals surface area contributed by atoms with E-state index in [2.05, 4.69) is 26.0 Å². The van der Waals surface area contributed by atoms with Gasteiger partial charge in [-0.3, -0.25) is 4.79 Å². The molecular weight excluding hydrogens is 264 g/mol. The quantitative estimate of drug-likeness (QED) is 0.884. The molecule has 0 heterocycles. The van der Waals surface area contributed by atoms with Crippen molar-refractivity contribution in [1.82, 2.24) is 0 Å². The molecule has 0 saturated heterocycles. The molecule has 116 valence electrons. The molecule has 1 atom stereocenters. The van der Waals surface area contributed by atoms with E-state index in [0.717, 1.165) is 18.4 Å². The highest BCUT2D eigenvalue weighted by Crippen LogP contribution is 2.41. The number of carbonyl (C=O) groups is 1. The summed E-state index contributed by atoms with van der Waals surface area (Å²) in [5.74, 6) is -0.317. The Morgan fingerprint density at radius 2 is 1.67 bits per heavy atom. The molecule has 1 fully saturated rings. The fraction of sp³-hybridized carbons (Fsp3) is 0.611. The van der Waals surface area contributed by atoms with Crippen molar-refractivity contribution >= 4 is 5.97 Å². The fourth-order valence-corrected chi connectivity index (χ4v) is 3.34. The second kappa shape index (κ2) is 6.18. The zero-order valence-electron chi connectivity index (χ0n) is 13.2. The van der Waals surface area contributed by atoms with E-state index >= 15 is 0 Å². The Kier molecular flexibility index (Phi) is 4.72. The average Bonchev–Trinajstić information content (AvgIpc) is 2.47. The fourth-order valence-electron chi connectivity index (χ4n) is 3.34. The summed E-state index contributed by atoms with van der Waals surface area (Å²) in [5, 5.41) is 20.0. The molecule has 0 bridgehead atoms. The normalized spacial score (nSPS) is 25.6. The average molecular weight is 290 g/mol. The molecule has 3 nitrogen and oxygen atoms in total. The summed E-state index contributed by atoms with van der Waals surface area (Å²) in [5.41, 5.74) is 1.33. The van der Waals surface area contributed by atoms with Crippen LogP contribution in [0.4, 0.5) is 0 Å². The molecule has 0 spiro atoms. The van der Waals surface area contributed by atoms with Crippen molar-refractivity contribution in [2.75, 3.05) is 0 Å². The first-order valence-electron chi connectivity index (χ1n) is 7.88. The van der Waals surface area contributed by atoms with Crippen LogP contribution in [0.1, 0.15) is 63.5 Å². The summed E-state index contributed by atoms with van der Waals surface area (Å²) >= 11 is 0. The lowest BCUT2D eigenvalue weighted by atomic mass is 9.71. The molecule has 0 amide bonds.